The van der Waals surface area contributed by atoms with Crippen LogP contribution in [0.2, 0.25) is 0 Å². The second kappa shape index (κ2) is 5.99. The minimum absolute atomic E-state index is 0.231. The van der Waals surface area contributed by atoms with Crippen molar-refractivity contribution in [1.82, 2.24) is 0 Å². The average molecular weight is 247 g/mol. The summed E-state index contributed by atoms with van der Waals surface area (Å²) in [7, 11) is 0. The predicted octanol–water partition coefficient (Wildman–Crippen LogP) is 3.14. The maximum absolute atomic E-state index is 10.9. The van der Waals surface area contributed by atoms with Crippen molar-refractivity contribution in [3.05, 3.63) is 35.9 Å². The molecular formula is C11H12Cl2O2. The monoisotopic (exact) mass is 246 g/mol. The molecule has 15 heavy (non-hydrogen) atoms. The van der Waals surface area contributed by atoms with E-state index in [0.717, 1.165) is 5.56 Å². The summed E-state index contributed by atoms with van der Waals surface area (Å²) < 4.78 is 5.13. The number of esters is 1. The highest BCUT2D eigenvalue weighted by molar-refractivity contribution is 6.28. The van der Waals surface area contributed by atoms with E-state index in [0.29, 0.717) is 0 Å². The molecule has 0 N–H and O–H groups in total. The van der Waals surface area contributed by atoms with Gasteiger partial charge >= 0.3 is 5.97 Å². The van der Waals surface area contributed by atoms with Crippen LogP contribution in [0.25, 0.3) is 0 Å². The van der Waals surface area contributed by atoms with Gasteiger partial charge in [0, 0.05) is 12.8 Å². The number of hydrogen-bond acceptors (Lipinski definition) is 2. The van der Waals surface area contributed by atoms with Crippen LogP contribution in [0.4, 0.5) is 0 Å². The van der Waals surface area contributed by atoms with Gasteiger partial charge in [-0.05, 0) is 5.56 Å². The Morgan fingerprint density at radius 1 is 1.40 bits per heavy atom. The summed E-state index contributed by atoms with van der Waals surface area (Å²) in [6, 6.07) is 9.33. The maximum Gasteiger partial charge on any atom is 0.303 e. The lowest BCUT2D eigenvalue weighted by molar-refractivity contribution is -0.146. The zero-order valence-corrected chi connectivity index (χ0v) is 9.83. The molecule has 0 aliphatic rings. The van der Waals surface area contributed by atoms with Gasteiger partial charge < -0.3 is 4.74 Å². The normalized spacial score (nSPS) is 14.3. The van der Waals surface area contributed by atoms with E-state index in [1.807, 2.05) is 30.3 Å². The first-order valence-electron chi connectivity index (χ1n) is 4.57. The molecule has 1 aromatic rings. The van der Waals surface area contributed by atoms with Crippen molar-refractivity contribution >= 4 is 29.2 Å². The molecule has 0 aliphatic heterocycles. The van der Waals surface area contributed by atoms with Crippen molar-refractivity contribution < 1.29 is 9.53 Å². The van der Waals surface area contributed by atoms with Crippen molar-refractivity contribution in [2.24, 2.45) is 0 Å². The fourth-order valence-corrected chi connectivity index (χ4v) is 1.61. The molecule has 0 aromatic heterocycles. The molecule has 0 amide bonds. The van der Waals surface area contributed by atoms with Crippen LogP contribution >= 0.6 is 23.2 Å². The van der Waals surface area contributed by atoms with Crippen molar-refractivity contribution in [3.63, 3.8) is 0 Å². The fraction of sp³-hybridized carbons (Fsp3) is 0.364. The number of carbonyl (C=O) groups excluding carboxylic acids is 1. The van der Waals surface area contributed by atoms with Crippen molar-refractivity contribution in [1.29, 1.82) is 0 Å². The molecule has 0 bridgehead atoms. The highest BCUT2D eigenvalue weighted by Gasteiger charge is 2.23. The van der Waals surface area contributed by atoms with Crippen LogP contribution in [0.1, 0.15) is 18.6 Å². The Morgan fingerprint density at radius 2 is 2.00 bits per heavy atom. The van der Waals surface area contributed by atoms with Crippen LogP contribution in [0, 0.1) is 0 Å². The van der Waals surface area contributed by atoms with Gasteiger partial charge in [-0.3, -0.25) is 4.79 Å². The van der Waals surface area contributed by atoms with E-state index < -0.39 is 11.5 Å². The van der Waals surface area contributed by atoms with Gasteiger partial charge in [0.1, 0.15) is 6.10 Å². The zero-order chi connectivity index (χ0) is 11.3. The van der Waals surface area contributed by atoms with Gasteiger partial charge in [-0.15, -0.1) is 23.2 Å². The highest BCUT2D eigenvalue weighted by Crippen LogP contribution is 2.26. The Kier molecular flexibility index (Phi) is 4.92. The topological polar surface area (TPSA) is 26.3 Å². The van der Waals surface area contributed by atoms with Gasteiger partial charge in [-0.2, -0.15) is 0 Å². The Morgan fingerprint density at radius 3 is 2.47 bits per heavy atom. The average Bonchev–Trinajstić information content (AvgIpc) is 2.26. The summed E-state index contributed by atoms with van der Waals surface area (Å²) in [5, 5.41) is -0.419. The molecule has 1 rings (SSSR count). The molecule has 4 heteroatoms. The molecule has 0 aliphatic carbocycles. The van der Waals surface area contributed by atoms with Crippen LogP contribution in [0.3, 0.4) is 0 Å². The summed E-state index contributed by atoms with van der Waals surface area (Å²) in [5.41, 5.74) is 0.855. The summed E-state index contributed by atoms with van der Waals surface area (Å²) in [5.74, 6) is -0.131. The second-order valence-electron chi connectivity index (χ2n) is 3.11. The number of hydrogen-bond donors (Lipinski definition) is 0. The smallest absolute Gasteiger partial charge is 0.303 e. The van der Waals surface area contributed by atoms with Crippen molar-refractivity contribution in [3.8, 4) is 0 Å². The summed E-state index contributed by atoms with van der Waals surface area (Å²) in [6.45, 7) is 1.35. The van der Waals surface area contributed by atoms with E-state index in [4.69, 9.17) is 27.9 Å². The molecule has 2 unspecified atom stereocenters. The van der Waals surface area contributed by atoms with Crippen molar-refractivity contribution in [2.75, 3.05) is 5.88 Å². The summed E-state index contributed by atoms with van der Waals surface area (Å²) >= 11 is 11.7. The zero-order valence-electron chi connectivity index (χ0n) is 8.32. The third-order valence-electron chi connectivity index (χ3n) is 1.90. The van der Waals surface area contributed by atoms with Crippen LogP contribution in [0.15, 0.2) is 30.3 Å². The Labute approximate surface area is 99.1 Å². The minimum Gasteiger partial charge on any atom is -0.456 e. The lowest BCUT2D eigenvalue weighted by atomic mass is 10.1. The van der Waals surface area contributed by atoms with E-state index in [-0.39, 0.29) is 11.8 Å². The van der Waals surface area contributed by atoms with Crippen LogP contribution in [-0.2, 0) is 9.53 Å². The van der Waals surface area contributed by atoms with E-state index in [1.54, 1.807) is 0 Å². The predicted molar refractivity (Wildman–Crippen MR) is 61.3 cm³/mol. The molecule has 0 radical (unpaired) electrons. The standard InChI is InChI=1S/C11H12Cl2O2/c1-8(14)15-11(10(13)7-12)9-5-3-2-4-6-9/h2-6,10-11H,7H2,1H3. The number of benzene rings is 1. The van der Waals surface area contributed by atoms with Crippen LogP contribution < -0.4 is 0 Å². The lowest BCUT2D eigenvalue weighted by Gasteiger charge is -2.20. The van der Waals surface area contributed by atoms with Crippen LogP contribution in [0.5, 0.6) is 0 Å². The van der Waals surface area contributed by atoms with E-state index in [2.05, 4.69) is 0 Å². The van der Waals surface area contributed by atoms with Gasteiger partial charge in [0.25, 0.3) is 0 Å². The Hall–Kier alpha value is -0.730. The SMILES string of the molecule is CC(=O)OC(c1ccccc1)C(Cl)CCl. The quantitative estimate of drug-likeness (QED) is 0.603. The van der Waals surface area contributed by atoms with E-state index >= 15 is 0 Å². The van der Waals surface area contributed by atoms with Gasteiger partial charge in [0.15, 0.2) is 0 Å². The van der Waals surface area contributed by atoms with Gasteiger partial charge in [-0.25, -0.2) is 0 Å². The third-order valence-corrected chi connectivity index (χ3v) is 2.77. The Balaban J connectivity index is 2.86. The second-order valence-corrected chi connectivity index (χ2v) is 3.98. The minimum atomic E-state index is -0.483. The molecule has 0 spiro atoms. The summed E-state index contributed by atoms with van der Waals surface area (Å²) in [6.07, 6.45) is -0.483. The molecule has 0 fully saturated rings. The van der Waals surface area contributed by atoms with Gasteiger partial charge in [-0.1, -0.05) is 30.3 Å². The number of ether oxygens (including phenoxy) is 1. The molecule has 0 saturated heterocycles. The molecule has 0 saturated carbocycles. The van der Waals surface area contributed by atoms with Crippen LogP contribution in [-0.4, -0.2) is 17.2 Å². The molecule has 0 heterocycles. The summed E-state index contributed by atoms with van der Waals surface area (Å²) in [4.78, 5) is 10.9. The van der Waals surface area contributed by atoms with Gasteiger partial charge in [0.2, 0.25) is 0 Å². The fourth-order valence-electron chi connectivity index (χ4n) is 1.25. The van der Waals surface area contributed by atoms with E-state index in [1.165, 1.54) is 6.92 Å². The number of halogens is 2. The van der Waals surface area contributed by atoms with Gasteiger partial charge in [0.05, 0.1) is 5.38 Å². The van der Waals surface area contributed by atoms with Crippen molar-refractivity contribution in [2.45, 2.75) is 18.4 Å². The molecule has 2 nitrogen and oxygen atoms in total. The Bertz CT molecular complexity index is 314. The molecular weight excluding hydrogens is 235 g/mol. The first kappa shape index (κ1) is 12.3. The number of rotatable bonds is 4. The first-order valence-corrected chi connectivity index (χ1v) is 5.54. The molecule has 82 valence electrons. The third kappa shape index (κ3) is 3.73. The largest absolute Gasteiger partial charge is 0.456 e. The number of alkyl halides is 2. The highest BCUT2D eigenvalue weighted by atomic mass is 35.5. The van der Waals surface area contributed by atoms with E-state index in [9.17, 15) is 4.79 Å². The lowest BCUT2D eigenvalue weighted by Crippen LogP contribution is -2.20. The first-order chi connectivity index (χ1) is 7.15. The maximum atomic E-state index is 10.9. The number of carbonyl (C=O) groups is 1. The molecule has 1 aromatic carbocycles. The molecule has 2 atom stereocenters.